The molecule has 0 saturated carbocycles. The predicted molar refractivity (Wildman–Crippen MR) is 69.6 cm³/mol. The summed E-state index contributed by atoms with van der Waals surface area (Å²) in [6, 6.07) is 0.825. The molecule has 2 aliphatic rings. The van der Waals surface area contributed by atoms with Crippen LogP contribution in [0.1, 0.15) is 46.5 Å². The Morgan fingerprint density at radius 1 is 1.19 bits per heavy atom. The highest BCUT2D eigenvalue weighted by Gasteiger charge is 2.35. The van der Waals surface area contributed by atoms with Gasteiger partial charge in [0.25, 0.3) is 0 Å². The van der Waals surface area contributed by atoms with Gasteiger partial charge >= 0.3 is 0 Å². The number of nitrogens with zero attached hydrogens (tertiary/aromatic N) is 1. The summed E-state index contributed by atoms with van der Waals surface area (Å²) >= 11 is 0. The van der Waals surface area contributed by atoms with Crippen molar-refractivity contribution in [3.63, 3.8) is 0 Å². The van der Waals surface area contributed by atoms with Crippen molar-refractivity contribution in [2.45, 2.75) is 52.5 Å². The van der Waals surface area contributed by atoms with Crippen molar-refractivity contribution < 1.29 is 0 Å². The van der Waals surface area contributed by atoms with Crippen molar-refractivity contribution in [3.05, 3.63) is 0 Å². The maximum absolute atomic E-state index is 3.56. The van der Waals surface area contributed by atoms with Crippen LogP contribution in [0.2, 0.25) is 0 Å². The van der Waals surface area contributed by atoms with Gasteiger partial charge in [0.05, 0.1) is 0 Å². The minimum Gasteiger partial charge on any atom is -0.315 e. The Bertz CT molecular complexity index is 219. The summed E-state index contributed by atoms with van der Waals surface area (Å²) in [5.74, 6) is 0.894. The molecule has 2 saturated heterocycles. The maximum Gasteiger partial charge on any atom is 0.0260 e. The fourth-order valence-electron chi connectivity index (χ4n) is 3.31. The van der Waals surface area contributed by atoms with Gasteiger partial charge in [-0.05, 0) is 43.8 Å². The van der Waals surface area contributed by atoms with Crippen LogP contribution >= 0.6 is 0 Å². The van der Waals surface area contributed by atoms with Gasteiger partial charge < -0.3 is 5.32 Å². The lowest BCUT2D eigenvalue weighted by Gasteiger charge is -2.42. The van der Waals surface area contributed by atoms with E-state index in [1.165, 1.54) is 51.9 Å². The minimum absolute atomic E-state index is 0.629. The van der Waals surface area contributed by atoms with E-state index in [1.807, 2.05) is 0 Å². The normalized spacial score (nSPS) is 35.4. The average molecular weight is 224 g/mol. The highest BCUT2D eigenvalue weighted by molar-refractivity contribution is 4.91. The van der Waals surface area contributed by atoms with Crippen molar-refractivity contribution >= 4 is 0 Å². The molecule has 94 valence electrons. The van der Waals surface area contributed by atoms with E-state index in [0.29, 0.717) is 5.41 Å². The maximum atomic E-state index is 3.56. The van der Waals surface area contributed by atoms with E-state index in [0.717, 1.165) is 12.0 Å². The van der Waals surface area contributed by atoms with Crippen molar-refractivity contribution in [1.82, 2.24) is 10.2 Å². The molecule has 0 amide bonds. The summed E-state index contributed by atoms with van der Waals surface area (Å²) in [6.07, 6.45) is 5.48. The summed E-state index contributed by atoms with van der Waals surface area (Å²) in [5.41, 5.74) is 0.629. The van der Waals surface area contributed by atoms with Crippen LogP contribution < -0.4 is 5.32 Å². The van der Waals surface area contributed by atoms with Gasteiger partial charge in [-0.3, -0.25) is 4.90 Å². The third kappa shape index (κ3) is 2.43. The first-order valence-corrected chi connectivity index (χ1v) is 7.13. The Labute approximate surface area is 101 Å². The molecule has 2 heterocycles. The number of likely N-dealkylation sites (tertiary alicyclic amines) is 1. The number of piperidine rings is 1. The Morgan fingerprint density at radius 2 is 1.88 bits per heavy atom. The molecule has 2 atom stereocenters. The number of hydrogen-bond acceptors (Lipinski definition) is 2. The molecule has 1 N–H and O–H groups in total. The van der Waals surface area contributed by atoms with E-state index >= 15 is 0 Å². The van der Waals surface area contributed by atoms with Crippen LogP contribution in [0.25, 0.3) is 0 Å². The molecule has 0 aliphatic carbocycles. The smallest absolute Gasteiger partial charge is 0.0260 e. The lowest BCUT2D eigenvalue weighted by Crippen LogP contribution is -2.47. The Hall–Kier alpha value is -0.0800. The molecule has 2 nitrogen and oxygen atoms in total. The SMILES string of the molecule is CCC1CNCC1N1CCC(C)(CC)CC1. The number of rotatable bonds is 3. The van der Waals surface area contributed by atoms with Crippen molar-refractivity contribution in [3.8, 4) is 0 Å². The molecule has 2 rings (SSSR count). The molecular formula is C14H28N2. The van der Waals surface area contributed by atoms with E-state index in [9.17, 15) is 0 Å². The van der Waals surface area contributed by atoms with E-state index in [4.69, 9.17) is 0 Å². The van der Waals surface area contributed by atoms with Crippen LogP contribution in [0.4, 0.5) is 0 Å². The molecule has 0 spiro atoms. The van der Waals surface area contributed by atoms with E-state index in [1.54, 1.807) is 0 Å². The second-order valence-corrected chi connectivity index (χ2v) is 6.09. The zero-order valence-corrected chi connectivity index (χ0v) is 11.3. The van der Waals surface area contributed by atoms with E-state index in [2.05, 4.69) is 31.0 Å². The molecule has 2 unspecified atom stereocenters. The topological polar surface area (TPSA) is 15.3 Å². The first-order chi connectivity index (χ1) is 7.68. The zero-order chi connectivity index (χ0) is 11.6. The molecule has 2 aliphatic heterocycles. The van der Waals surface area contributed by atoms with Crippen molar-refractivity contribution in [2.24, 2.45) is 11.3 Å². The molecule has 2 fully saturated rings. The van der Waals surface area contributed by atoms with Gasteiger partial charge in [0.2, 0.25) is 0 Å². The largest absolute Gasteiger partial charge is 0.315 e. The lowest BCUT2D eigenvalue weighted by atomic mass is 9.77. The summed E-state index contributed by atoms with van der Waals surface area (Å²) < 4.78 is 0. The van der Waals surface area contributed by atoms with E-state index in [-0.39, 0.29) is 0 Å². The Morgan fingerprint density at radius 3 is 2.44 bits per heavy atom. The fraction of sp³-hybridized carbons (Fsp3) is 1.00. The fourth-order valence-corrected chi connectivity index (χ4v) is 3.31. The molecule has 0 radical (unpaired) electrons. The van der Waals surface area contributed by atoms with Crippen LogP contribution in [0.15, 0.2) is 0 Å². The van der Waals surface area contributed by atoms with Gasteiger partial charge in [-0.15, -0.1) is 0 Å². The first-order valence-electron chi connectivity index (χ1n) is 7.13. The lowest BCUT2D eigenvalue weighted by molar-refractivity contribution is 0.0708. The molecule has 0 aromatic heterocycles. The summed E-state index contributed by atoms with van der Waals surface area (Å²) in [5, 5.41) is 3.56. The zero-order valence-electron chi connectivity index (χ0n) is 11.3. The number of hydrogen-bond donors (Lipinski definition) is 1. The van der Waals surface area contributed by atoms with Gasteiger partial charge in [-0.25, -0.2) is 0 Å². The monoisotopic (exact) mass is 224 g/mol. The van der Waals surface area contributed by atoms with Crippen molar-refractivity contribution in [2.75, 3.05) is 26.2 Å². The van der Waals surface area contributed by atoms with Gasteiger partial charge in [0.15, 0.2) is 0 Å². The van der Waals surface area contributed by atoms with Crippen LogP contribution in [0, 0.1) is 11.3 Å². The third-order valence-electron chi connectivity index (χ3n) is 5.16. The molecule has 16 heavy (non-hydrogen) atoms. The molecule has 0 aromatic carbocycles. The second-order valence-electron chi connectivity index (χ2n) is 6.09. The van der Waals surface area contributed by atoms with Crippen LogP contribution in [0.5, 0.6) is 0 Å². The van der Waals surface area contributed by atoms with Gasteiger partial charge in [-0.1, -0.05) is 33.6 Å². The summed E-state index contributed by atoms with van der Waals surface area (Å²) in [6.45, 7) is 12.3. The quantitative estimate of drug-likeness (QED) is 0.792. The highest BCUT2D eigenvalue weighted by atomic mass is 15.2. The predicted octanol–water partition coefficient (Wildman–Crippen LogP) is 2.50. The standard InChI is InChI=1S/C14H28N2/c1-4-12-10-15-11-13(12)16-8-6-14(3,5-2)7-9-16/h12-13,15H,4-11H2,1-3H3. The van der Waals surface area contributed by atoms with E-state index < -0.39 is 0 Å². The first kappa shape index (κ1) is 12.4. The van der Waals surface area contributed by atoms with Gasteiger partial charge in [0.1, 0.15) is 0 Å². The molecule has 2 heteroatoms. The Balaban J connectivity index is 1.89. The third-order valence-corrected chi connectivity index (χ3v) is 5.16. The minimum atomic E-state index is 0.629. The van der Waals surface area contributed by atoms with Crippen LogP contribution in [0.3, 0.4) is 0 Å². The van der Waals surface area contributed by atoms with Gasteiger partial charge in [-0.2, -0.15) is 0 Å². The average Bonchev–Trinajstić information content (AvgIpc) is 2.78. The summed E-state index contributed by atoms with van der Waals surface area (Å²) in [4.78, 5) is 2.76. The molecular weight excluding hydrogens is 196 g/mol. The number of nitrogens with one attached hydrogen (secondary N) is 1. The van der Waals surface area contributed by atoms with Gasteiger partial charge in [0, 0.05) is 12.6 Å². The highest BCUT2D eigenvalue weighted by Crippen LogP contribution is 2.35. The second kappa shape index (κ2) is 5.05. The van der Waals surface area contributed by atoms with Crippen LogP contribution in [-0.4, -0.2) is 37.1 Å². The van der Waals surface area contributed by atoms with Crippen LogP contribution in [-0.2, 0) is 0 Å². The summed E-state index contributed by atoms with van der Waals surface area (Å²) in [7, 11) is 0. The van der Waals surface area contributed by atoms with Crippen molar-refractivity contribution in [1.29, 1.82) is 0 Å². The Kier molecular flexibility index (Phi) is 3.91. The molecule has 0 aromatic rings. The molecule has 0 bridgehead atoms.